The van der Waals surface area contributed by atoms with Crippen molar-refractivity contribution in [3.63, 3.8) is 0 Å². The number of benzene rings is 1. The molecule has 0 spiro atoms. The molecule has 1 N–H and O–H groups in total. The lowest BCUT2D eigenvalue weighted by Gasteiger charge is -2.08. The summed E-state index contributed by atoms with van der Waals surface area (Å²) in [6.07, 6.45) is 4.59. The molecule has 0 atom stereocenters. The van der Waals surface area contributed by atoms with Crippen LogP contribution in [-0.2, 0) is 4.65 Å². The lowest BCUT2D eigenvalue weighted by atomic mass is 9.80. The number of hydrogen-bond donors (Lipinski definition) is 1. The van der Waals surface area contributed by atoms with E-state index < -0.39 is 13.5 Å². The molecule has 0 heterocycles. The molecule has 0 bridgehead atoms. The molecule has 0 radical (unpaired) electrons. The van der Waals surface area contributed by atoms with Crippen molar-refractivity contribution in [2.24, 2.45) is 0 Å². The third kappa shape index (κ3) is 9.59. The Balaban J connectivity index is 1.89. The van der Waals surface area contributed by atoms with Crippen molar-refractivity contribution in [2.45, 2.75) is 57.8 Å². The van der Waals surface area contributed by atoms with E-state index >= 15 is 0 Å². The highest BCUT2D eigenvalue weighted by Crippen LogP contribution is 2.11. The lowest BCUT2D eigenvalue weighted by Crippen LogP contribution is -2.33. The van der Waals surface area contributed by atoms with Crippen molar-refractivity contribution in [1.82, 2.24) is 0 Å². The van der Waals surface area contributed by atoms with Crippen LogP contribution in [0.5, 0.6) is 0 Å². The molecule has 0 amide bonds. The Morgan fingerprint density at radius 3 is 2.10 bits per heavy atom. The fraction of sp³-hybridized carbons (Fsp3) is 0.625. The highest BCUT2D eigenvalue weighted by atomic mass is 19.3. The van der Waals surface area contributed by atoms with Gasteiger partial charge in [-0.25, -0.2) is 8.78 Å². The minimum absolute atomic E-state index is 0.0330. The summed E-state index contributed by atoms with van der Waals surface area (Å²) >= 11 is 0. The maximum atomic E-state index is 11.9. The first-order valence-corrected chi connectivity index (χ1v) is 7.83. The standard InChI is InChI=1S/C16H25BF2O2/c18-16(19)13-9-4-2-1-3-5-10-14-21-17(20)15-11-7-6-8-12-15/h6-8,11-12,16,20H,1-5,9-10,13-14H2. The van der Waals surface area contributed by atoms with Crippen LogP contribution in [-0.4, -0.2) is 25.2 Å². The fourth-order valence-electron chi connectivity index (χ4n) is 2.19. The Bertz CT molecular complexity index is 349. The van der Waals surface area contributed by atoms with Crippen LogP contribution in [0.3, 0.4) is 0 Å². The summed E-state index contributed by atoms with van der Waals surface area (Å²) < 4.78 is 29.2. The molecule has 5 heteroatoms. The van der Waals surface area contributed by atoms with Gasteiger partial charge in [-0.2, -0.15) is 0 Å². The largest absolute Gasteiger partial charge is 0.491 e. The predicted octanol–water partition coefficient (Wildman–Crippen LogP) is 3.78. The van der Waals surface area contributed by atoms with Crippen LogP contribution < -0.4 is 5.46 Å². The van der Waals surface area contributed by atoms with Gasteiger partial charge in [-0.05, 0) is 18.3 Å². The van der Waals surface area contributed by atoms with Crippen molar-refractivity contribution < 1.29 is 18.5 Å². The van der Waals surface area contributed by atoms with Crippen LogP contribution in [0.4, 0.5) is 8.78 Å². The van der Waals surface area contributed by atoms with Crippen molar-refractivity contribution in [1.29, 1.82) is 0 Å². The zero-order valence-electron chi connectivity index (χ0n) is 12.5. The number of hydrogen-bond acceptors (Lipinski definition) is 2. The minimum atomic E-state index is -2.15. The van der Waals surface area contributed by atoms with Gasteiger partial charge in [-0.15, -0.1) is 0 Å². The second kappa shape index (κ2) is 11.7. The summed E-state index contributed by atoms with van der Waals surface area (Å²) in [5, 5.41) is 9.78. The first-order valence-electron chi connectivity index (χ1n) is 7.83. The number of alkyl halides is 2. The van der Waals surface area contributed by atoms with Crippen LogP contribution >= 0.6 is 0 Å². The van der Waals surface area contributed by atoms with Crippen LogP contribution in [0.25, 0.3) is 0 Å². The first kappa shape index (κ1) is 18.1. The molecule has 0 saturated heterocycles. The van der Waals surface area contributed by atoms with Crippen LogP contribution in [0.1, 0.15) is 51.4 Å². The predicted molar refractivity (Wildman–Crippen MR) is 82.9 cm³/mol. The summed E-state index contributed by atoms with van der Waals surface area (Å²) in [5.41, 5.74) is 0.775. The van der Waals surface area contributed by atoms with E-state index in [1.54, 1.807) is 0 Å². The van der Waals surface area contributed by atoms with Crippen molar-refractivity contribution >= 4 is 12.6 Å². The maximum absolute atomic E-state index is 11.9. The molecule has 1 aromatic carbocycles. The zero-order chi connectivity index (χ0) is 15.3. The third-order valence-corrected chi connectivity index (χ3v) is 3.43. The monoisotopic (exact) mass is 298 g/mol. The summed E-state index contributed by atoms with van der Waals surface area (Å²) in [6, 6.07) is 9.32. The number of unbranched alkanes of at least 4 members (excludes halogenated alkanes) is 6. The van der Waals surface area contributed by atoms with Crippen LogP contribution in [0.15, 0.2) is 30.3 Å². The molecule has 0 aliphatic carbocycles. The Labute approximate surface area is 126 Å². The zero-order valence-corrected chi connectivity index (χ0v) is 12.5. The van der Waals surface area contributed by atoms with Crippen molar-refractivity contribution in [3.05, 3.63) is 30.3 Å². The minimum Gasteiger partial charge on any atom is -0.423 e. The van der Waals surface area contributed by atoms with Gasteiger partial charge in [-0.3, -0.25) is 0 Å². The smallest absolute Gasteiger partial charge is 0.423 e. The van der Waals surface area contributed by atoms with E-state index in [9.17, 15) is 13.8 Å². The second-order valence-corrected chi connectivity index (χ2v) is 5.29. The van der Waals surface area contributed by atoms with Gasteiger partial charge in [0.2, 0.25) is 6.43 Å². The van der Waals surface area contributed by atoms with E-state index in [-0.39, 0.29) is 6.42 Å². The molecule has 1 aromatic rings. The molecule has 0 aliphatic rings. The second-order valence-electron chi connectivity index (χ2n) is 5.29. The lowest BCUT2D eigenvalue weighted by molar-refractivity contribution is 0.133. The van der Waals surface area contributed by atoms with Crippen molar-refractivity contribution in [3.8, 4) is 0 Å². The highest BCUT2D eigenvalue weighted by Gasteiger charge is 2.14. The quantitative estimate of drug-likeness (QED) is 0.470. The summed E-state index contributed by atoms with van der Waals surface area (Å²) in [6.45, 7) is 0.543. The van der Waals surface area contributed by atoms with E-state index in [1.807, 2.05) is 30.3 Å². The topological polar surface area (TPSA) is 29.5 Å². The summed E-state index contributed by atoms with van der Waals surface area (Å²) in [4.78, 5) is 0. The van der Waals surface area contributed by atoms with E-state index in [0.29, 0.717) is 13.0 Å². The number of halogens is 2. The van der Waals surface area contributed by atoms with Gasteiger partial charge >= 0.3 is 7.12 Å². The third-order valence-electron chi connectivity index (χ3n) is 3.43. The van der Waals surface area contributed by atoms with Gasteiger partial charge in [-0.1, -0.05) is 62.4 Å². The Morgan fingerprint density at radius 1 is 0.905 bits per heavy atom. The van der Waals surface area contributed by atoms with Gasteiger partial charge in [0.05, 0.1) is 0 Å². The molecule has 0 saturated carbocycles. The van der Waals surface area contributed by atoms with Crippen LogP contribution in [0, 0.1) is 0 Å². The highest BCUT2D eigenvalue weighted by molar-refractivity contribution is 6.59. The first-order chi connectivity index (χ1) is 10.2. The molecular weight excluding hydrogens is 273 g/mol. The average Bonchev–Trinajstić information content (AvgIpc) is 2.49. The van der Waals surface area contributed by atoms with Crippen LogP contribution in [0.2, 0.25) is 0 Å². The molecule has 118 valence electrons. The van der Waals surface area contributed by atoms with Gasteiger partial charge in [0, 0.05) is 13.0 Å². The molecule has 0 unspecified atom stereocenters. The molecule has 2 nitrogen and oxygen atoms in total. The van der Waals surface area contributed by atoms with Crippen molar-refractivity contribution in [2.75, 3.05) is 6.61 Å². The van der Waals surface area contributed by atoms with E-state index in [1.165, 1.54) is 0 Å². The van der Waals surface area contributed by atoms with Gasteiger partial charge < -0.3 is 9.68 Å². The molecule has 1 rings (SSSR count). The maximum Gasteiger partial charge on any atom is 0.491 e. The average molecular weight is 298 g/mol. The van der Waals surface area contributed by atoms with Gasteiger partial charge in [0.25, 0.3) is 0 Å². The Hall–Kier alpha value is -0.935. The Kier molecular flexibility index (Phi) is 10.1. The molecular formula is C16H25BF2O2. The molecule has 0 aliphatic heterocycles. The van der Waals surface area contributed by atoms with Gasteiger partial charge in [0.15, 0.2) is 0 Å². The normalized spacial score (nSPS) is 11.0. The molecule has 0 fully saturated rings. The van der Waals surface area contributed by atoms with Gasteiger partial charge in [0.1, 0.15) is 0 Å². The molecule has 0 aromatic heterocycles. The summed E-state index contributed by atoms with van der Waals surface area (Å²) in [7, 11) is -0.847. The SMILES string of the molecule is OB(OCCCCCCCCCC(F)F)c1ccccc1. The fourth-order valence-corrected chi connectivity index (χ4v) is 2.19. The number of rotatable bonds is 12. The van der Waals surface area contributed by atoms with E-state index in [2.05, 4.69) is 0 Å². The molecule has 21 heavy (non-hydrogen) atoms. The summed E-state index contributed by atoms with van der Waals surface area (Å²) in [5.74, 6) is 0. The Morgan fingerprint density at radius 2 is 1.48 bits per heavy atom. The van der Waals surface area contributed by atoms with E-state index in [4.69, 9.17) is 4.65 Å². The van der Waals surface area contributed by atoms with E-state index in [0.717, 1.165) is 44.0 Å².